The monoisotopic (exact) mass is 352 g/mol. The minimum atomic E-state index is -0.914. The molecule has 26 heavy (non-hydrogen) atoms. The van der Waals surface area contributed by atoms with Crippen molar-refractivity contribution in [1.82, 2.24) is 4.90 Å². The van der Waals surface area contributed by atoms with Crippen molar-refractivity contribution in [2.45, 2.75) is 26.2 Å². The molecule has 0 saturated heterocycles. The molecular weight excluding hydrogens is 328 g/mol. The van der Waals surface area contributed by atoms with E-state index in [-0.39, 0.29) is 19.0 Å². The Labute approximate surface area is 153 Å². The van der Waals surface area contributed by atoms with Crippen LogP contribution in [0.2, 0.25) is 0 Å². The molecule has 0 radical (unpaired) electrons. The Balaban J connectivity index is 1.97. The molecule has 1 amide bonds. The van der Waals surface area contributed by atoms with Gasteiger partial charge in [0, 0.05) is 0 Å². The Morgan fingerprint density at radius 1 is 0.962 bits per heavy atom. The van der Waals surface area contributed by atoms with E-state index < -0.39 is 5.97 Å². The van der Waals surface area contributed by atoms with E-state index in [2.05, 4.69) is 12.1 Å². The highest BCUT2D eigenvalue weighted by molar-refractivity contribution is 6.03. The summed E-state index contributed by atoms with van der Waals surface area (Å²) in [5.74, 6) is -1.01. The van der Waals surface area contributed by atoms with Gasteiger partial charge in [0.15, 0.2) is 0 Å². The molecule has 0 atom stereocenters. The van der Waals surface area contributed by atoms with Gasteiger partial charge in [-0.2, -0.15) is 0 Å². The molecule has 5 heteroatoms. The van der Waals surface area contributed by atoms with Crippen LogP contribution in [-0.4, -0.2) is 41.5 Å². The molecule has 0 saturated carbocycles. The average molecular weight is 352 g/mol. The zero-order valence-electron chi connectivity index (χ0n) is 15.0. The van der Waals surface area contributed by atoms with Crippen molar-refractivity contribution in [3.05, 3.63) is 59.7 Å². The molecule has 1 N–H and O–H groups in total. The molecule has 0 aromatic heterocycles. The largest absolute Gasteiger partial charge is 0.480 e. The van der Waals surface area contributed by atoms with E-state index in [1.165, 1.54) is 0 Å². The third-order valence-corrected chi connectivity index (χ3v) is 4.64. The minimum Gasteiger partial charge on any atom is -0.480 e. The molecule has 0 fully saturated rings. The van der Waals surface area contributed by atoms with E-state index >= 15 is 0 Å². The zero-order valence-corrected chi connectivity index (χ0v) is 15.0. The molecule has 0 spiro atoms. The van der Waals surface area contributed by atoms with Crippen LogP contribution in [0.25, 0.3) is 0 Å². The van der Waals surface area contributed by atoms with Crippen molar-refractivity contribution < 1.29 is 14.7 Å². The number of benzene rings is 2. The summed E-state index contributed by atoms with van der Waals surface area (Å²) in [5, 5.41) is 9.13. The summed E-state index contributed by atoms with van der Waals surface area (Å²) < 4.78 is 0. The maximum atomic E-state index is 13.2. The summed E-state index contributed by atoms with van der Waals surface area (Å²) in [7, 11) is 0. The second-order valence-electron chi connectivity index (χ2n) is 6.59. The molecule has 1 aliphatic rings. The van der Waals surface area contributed by atoms with Crippen LogP contribution in [-0.2, 0) is 22.4 Å². The first-order valence-electron chi connectivity index (χ1n) is 9.03. The van der Waals surface area contributed by atoms with Gasteiger partial charge in [-0.1, -0.05) is 43.3 Å². The SMILES string of the molecule is CCCN(CC(=O)O)CC(=O)N1c2ccccc2CCc2ccccc21. The quantitative estimate of drug-likeness (QED) is 0.867. The van der Waals surface area contributed by atoms with Gasteiger partial charge in [-0.25, -0.2) is 0 Å². The average Bonchev–Trinajstić information content (AvgIpc) is 2.78. The van der Waals surface area contributed by atoms with Gasteiger partial charge in [-0.15, -0.1) is 0 Å². The van der Waals surface area contributed by atoms with Gasteiger partial charge in [0.25, 0.3) is 0 Å². The number of aliphatic carboxylic acids is 1. The molecule has 1 heterocycles. The number of anilines is 2. The Hall–Kier alpha value is -2.66. The standard InChI is InChI=1S/C21H24N2O3/c1-2-13-22(15-21(25)26)14-20(24)23-18-9-5-3-7-16(18)11-12-17-8-4-6-10-19(17)23/h3-10H,2,11-15H2,1H3,(H,25,26). The van der Waals surface area contributed by atoms with Crippen LogP contribution in [0.15, 0.2) is 48.5 Å². The molecule has 2 aromatic carbocycles. The number of carboxylic acids is 1. The Kier molecular flexibility index (Phi) is 5.68. The first-order chi connectivity index (χ1) is 12.6. The Morgan fingerprint density at radius 3 is 2.00 bits per heavy atom. The van der Waals surface area contributed by atoms with Crippen LogP contribution >= 0.6 is 0 Å². The number of hydrogen-bond acceptors (Lipinski definition) is 3. The third kappa shape index (κ3) is 3.94. The van der Waals surface area contributed by atoms with Gasteiger partial charge in [-0.3, -0.25) is 19.4 Å². The van der Waals surface area contributed by atoms with Crippen LogP contribution in [0.5, 0.6) is 0 Å². The van der Waals surface area contributed by atoms with E-state index in [1.807, 2.05) is 43.3 Å². The van der Waals surface area contributed by atoms with E-state index in [0.29, 0.717) is 6.54 Å². The lowest BCUT2D eigenvalue weighted by molar-refractivity contribution is -0.138. The summed E-state index contributed by atoms with van der Waals surface area (Å²) in [6.07, 6.45) is 2.56. The third-order valence-electron chi connectivity index (χ3n) is 4.64. The van der Waals surface area contributed by atoms with Crippen LogP contribution in [0, 0.1) is 0 Å². The van der Waals surface area contributed by atoms with Crippen LogP contribution in [0.3, 0.4) is 0 Å². The minimum absolute atomic E-state index is 0.0861. The predicted octanol–water partition coefficient (Wildman–Crippen LogP) is 3.25. The highest BCUT2D eigenvalue weighted by atomic mass is 16.4. The van der Waals surface area contributed by atoms with Gasteiger partial charge in [0.1, 0.15) is 0 Å². The van der Waals surface area contributed by atoms with Gasteiger partial charge in [0.05, 0.1) is 24.5 Å². The normalized spacial score (nSPS) is 13.1. The van der Waals surface area contributed by atoms with E-state index in [0.717, 1.165) is 41.8 Å². The van der Waals surface area contributed by atoms with Gasteiger partial charge >= 0.3 is 5.97 Å². The summed E-state index contributed by atoms with van der Waals surface area (Å²) in [6.45, 7) is 2.52. The van der Waals surface area contributed by atoms with E-state index in [4.69, 9.17) is 5.11 Å². The molecule has 2 aromatic rings. The number of para-hydroxylation sites is 2. The lowest BCUT2D eigenvalue weighted by Crippen LogP contribution is -2.41. The Bertz CT molecular complexity index is 756. The number of carbonyl (C=O) groups is 2. The lowest BCUT2D eigenvalue weighted by atomic mass is 10.0. The van der Waals surface area contributed by atoms with Crippen molar-refractivity contribution in [1.29, 1.82) is 0 Å². The molecule has 5 nitrogen and oxygen atoms in total. The van der Waals surface area contributed by atoms with Gasteiger partial charge < -0.3 is 5.11 Å². The highest BCUT2D eigenvalue weighted by Crippen LogP contribution is 2.36. The smallest absolute Gasteiger partial charge is 0.317 e. The van der Waals surface area contributed by atoms with Gasteiger partial charge in [-0.05, 0) is 49.1 Å². The second kappa shape index (κ2) is 8.15. The number of carboxylic acid groups (broad SMARTS) is 1. The van der Waals surface area contributed by atoms with E-state index in [9.17, 15) is 9.59 Å². The maximum absolute atomic E-state index is 13.2. The fourth-order valence-electron chi connectivity index (χ4n) is 3.53. The number of amides is 1. The molecule has 0 bridgehead atoms. The Morgan fingerprint density at radius 2 is 1.50 bits per heavy atom. The number of hydrogen-bond donors (Lipinski definition) is 1. The number of fused-ring (bicyclic) bond motifs is 2. The number of nitrogens with zero attached hydrogens (tertiary/aromatic N) is 2. The van der Waals surface area contributed by atoms with Crippen molar-refractivity contribution in [3.63, 3.8) is 0 Å². The topological polar surface area (TPSA) is 60.9 Å². The van der Waals surface area contributed by atoms with Crippen LogP contribution < -0.4 is 4.90 Å². The second-order valence-corrected chi connectivity index (χ2v) is 6.59. The molecule has 136 valence electrons. The van der Waals surface area contributed by atoms with Crippen molar-refractivity contribution in [3.8, 4) is 0 Å². The molecule has 0 unspecified atom stereocenters. The fourth-order valence-corrected chi connectivity index (χ4v) is 3.53. The van der Waals surface area contributed by atoms with Gasteiger partial charge in [0.2, 0.25) is 5.91 Å². The highest BCUT2D eigenvalue weighted by Gasteiger charge is 2.27. The van der Waals surface area contributed by atoms with Crippen molar-refractivity contribution in [2.24, 2.45) is 0 Å². The van der Waals surface area contributed by atoms with Crippen molar-refractivity contribution >= 4 is 23.3 Å². The number of carbonyl (C=O) groups excluding carboxylic acids is 1. The fraction of sp³-hybridized carbons (Fsp3) is 0.333. The first-order valence-corrected chi connectivity index (χ1v) is 9.03. The van der Waals surface area contributed by atoms with Crippen molar-refractivity contribution in [2.75, 3.05) is 24.5 Å². The van der Waals surface area contributed by atoms with E-state index in [1.54, 1.807) is 9.80 Å². The molecule has 0 aliphatic carbocycles. The zero-order chi connectivity index (χ0) is 18.5. The summed E-state index contributed by atoms with van der Waals surface area (Å²) in [4.78, 5) is 27.8. The first kappa shape index (κ1) is 18.1. The lowest BCUT2D eigenvalue weighted by Gasteiger charge is -2.28. The molecule has 1 aliphatic heterocycles. The summed E-state index contributed by atoms with van der Waals surface area (Å²) in [6, 6.07) is 15.9. The maximum Gasteiger partial charge on any atom is 0.317 e. The predicted molar refractivity (Wildman–Crippen MR) is 102 cm³/mol. The number of rotatable bonds is 6. The summed E-state index contributed by atoms with van der Waals surface area (Å²) in [5.41, 5.74) is 4.07. The van der Waals surface area contributed by atoms with Crippen LogP contribution in [0.1, 0.15) is 24.5 Å². The van der Waals surface area contributed by atoms with Crippen LogP contribution in [0.4, 0.5) is 11.4 Å². The molecular formula is C21H24N2O3. The summed E-state index contributed by atoms with van der Waals surface area (Å²) >= 11 is 0. The number of aryl methyl sites for hydroxylation is 2. The molecule has 3 rings (SSSR count).